The summed E-state index contributed by atoms with van der Waals surface area (Å²) < 4.78 is 19.5. The summed E-state index contributed by atoms with van der Waals surface area (Å²) in [5.74, 6) is -1.79. The molecule has 1 amide bonds. The van der Waals surface area contributed by atoms with Crippen molar-refractivity contribution >= 4 is 11.9 Å². The summed E-state index contributed by atoms with van der Waals surface area (Å²) in [6.07, 6.45) is 2.67. The molecule has 1 saturated carbocycles. The molecule has 1 aliphatic heterocycles. The predicted octanol–water partition coefficient (Wildman–Crippen LogP) is 2.68. The van der Waals surface area contributed by atoms with Crippen molar-refractivity contribution in [1.29, 1.82) is 0 Å². The third kappa shape index (κ3) is 3.84. The molecule has 0 bridgehead atoms. The number of carboxylic acid groups (broad SMARTS) is 1. The molecule has 6 heteroatoms. The van der Waals surface area contributed by atoms with Crippen molar-refractivity contribution in [3.05, 3.63) is 35.6 Å². The molecule has 5 nitrogen and oxygen atoms in total. The van der Waals surface area contributed by atoms with Crippen LogP contribution >= 0.6 is 0 Å². The van der Waals surface area contributed by atoms with E-state index in [-0.39, 0.29) is 17.6 Å². The van der Waals surface area contributed by atoms with Crippen molar-refractivity contribution in [3.8, 4) is 0 Å². The smallest absolute Gasteiger partial charge is 0.333 e. The number of carbonyl (C=O) groups is 2. The summed E-state index contributed by atoms with van der Waals surface area (Å²) in [5, 5.41) is 12.2. The molecule has 0 unspecified atom stereocenters. The normalized spacial score (nSPS) is 28.0. The van der Waals surface area contributed by atoms with Gasteiger partial charge in [0.25, 0.3) is 0 Å². The van der Waals surface area contributed by atoms with Crippen molar-refractivity contribution in [2.75, 3.05) is 0 Å². The molecule has 3 atom stereocenters. The van der Waals surface area contributed by atoms with Crippen LogP contribution in [0, 0.1) is 11.7 Å². The van der Waals surface area contributed by atoms with Crippen LogP contribution in [0.3, 0.4) is 0 Å². The lowest BCUT2D eigenvalue weighted by atomic mass is 9.88. The van der Waals surface area contributed by atoms with Crippen LogP contribution in [0.15, 0.2) is 24.3 Å². The molecule has 2 aliphatic rings. The Bertz CT molecular complexity index is 657. The maximum Gasteiger partial charge on any atom is 0.333 e. The minimum absolute atomic E-state index is 0.209. The average Bonchev–Trinajstić information content (AvgIpc) is 3.17. The number of aliphatic carboxylic acids is 1. The van der Waals surface area contributed by atoms with E-state index in [2.05, 4.69) is 5.32 Å². The Kier molecular flexibility index (Phi) is 5.08. The highest BCUT2D eigenvalue weighted by Gasteiger charge is 2.43. The molecule has 25 heavy (non-hydrogen) atoms. The lowest BCUT2D eigenvalue weighted by Gasteiger charge is -2.32. The van der Waals surface area contributed by atoms with Crippen LogP contribution in [-0.4, -0.2) is 34.7 Å². The van der Waals surface area contributed by atoms with Gasteiger partial charge >= 0.3 is 5.97 Å². The fraction of sp³-hybridized carbons (Fsp3) is 0.579. The van der Waals surface area contributed by atoms with Crippen molar-refractivity contribution in [2.24, 2.45) is 5.92 Å². The number of rotatable bonds is 5. The first-order chi connectivity index (χ1) is 11.9. The molecule has 0 aromatic heterocycles. The van der Waals surface area contributed by atoms with E-state index >= 15 is 0 Å². The first-order valence-corrected chi connectivity index (χ1v) is 8.84. The fourth-order valence-electron chi connectivity index (χ4n) is 4.04. The number of halogens is 1. The number of nitrogens with one attached hydrogen (secondary N) is 1. The van der Waals surface area contributed by atoms with Crippen LogP contribution in [0.25, 0.3) is 0 Å². The summed E-state index contributed by atoms with van der Waals surface area (Å²) >= 11 is 0. The minimum Gasteiger partial charge on any atom is -0.479 e. The number of amides is 1. The number of ether oxygens (including phenoxy) is 1. The van der Waals surface area contributed by atoms with Gasteiger partial charge in [-0.3, -0.25) is 4.79 Å². The summed E-state index contributed by atoms with van der Waals surface area (Å²) in [6, 6.07) is 6.62. The van der Waals surface area contributed by atoms with Crippen LogP contribution in [0.5, 0.6) is 0 Å². The van der Waals surface area contributed by atoms with E-state index in [1.165, 1.54) is 6.07 Å². The Morgan fingerprint density at radius 2 is 2.00 bits per heavy atom. The molecular weight excluding hydrogens is 325 g/mol. The zero-order chi connectivity index (χ0) is 18.0. The van der Waals surface area contributed by atoms with Crippen LogP contribution in [-0.2, 0) is 20.7 Å². The van der Waals surface area contributed by atoms with Crippen molar-refractivity contribution in [3.63, 3.8) is 0 Å². The molecule has 0 spiro atoms. The highest BCUT2D eigenvalue weighted by atomic mass is 19.1. The first-order valence-electron chi connectivity index (χ1n) is 8.84. The molecule has 1 heterocycles. The average molecular weight is 349 g/mol. The number of hydrogen-bond acceptors (Lipinski definition) is 3. The molecule has 2 fully saturated rings. The molecule has 1 aromatic rings. The van der Waals surface area contributed by atoms with E-state index in [4.69, 9.17) is 9.84 Å². The van der Waals surface area contributed by atoms with Crippen LogP contribution in [0.4, 0.5) is 4.39 Å². The third-order valence-electron chi connectivity index (χ3n) is 5.39. The SMILES string of the molecule is C[C@@H]1C[C@H](C(=O)NC2(Cc3ccccc3F)CCCC2)O[C@H]1C(=O)O. The van der Waals surface area contributed by atoms with Gasteiger partial charge in [-0.1, -0.05) is 38.0 Å². The molecule has 0 radical (unpaired) electrons. The summed E-state index contributed by atoms with van der Waals surface area (Å²) in [5.41, 5.74) is 0.113. The molecule has 3 rings (SSSR count). The topological polar surface area (TPSA) is 75.6 Å². The van der Waals surface area contributed by atoms with Gasteiger partial charge in [-0.2, -0.15) is 0 Å². The van der Waals surface area contributed by atoms with Crippen LogP contribution in [0.1, 0.15) is 44.6 Å². The summed E-state index contributed by atoms with van der Waals surface area (Å²) in [4.78, 5) is 23.8. The van der Waals surface area contributed by atoms with E-state index in [0.29, 0.717) is 18.4 Å². The molecule has 1 saturated heterocycles. The number of benzene rings is 1. The van der Waals surface area contributed by atoms with Gasteiger partial charge in [0.05, 0.1) is 0 Å². The van der Waals surface area contributed by atoms with Gasteiger partial charge in [0.1, 0.15) is 11.9 Å². The molecule has 1 aromatic carbocycles. The van der Waals surface area contributed by atoms with Gasteiger partial charge in [0, 0.05) is 5.54 Å². The maximum atomic E-state index is 14.0. The van der Waals surface area contributed by atoms with Crippen LogP contribution in [0.2, 0.25) is 0 Å². The van der Waals surface area contributed by atoms with Gasteiger partial charge < -0.3 is 15.2 Å². The fourth-order valence-corrected chi connectivity index (χ4v) is 4.04. The van der Waals surface area contributed by atoms with Gasteiger partial charge in [-0.15, -0.1) is 0 Å². The second-order valence-corrected chi connectivity index (χ2v) is 7.34. The predicted molar refractivity (Wildman–Crippen MR) is 89.5 cm³/mol. The maximum absolute atomic E-state index is 14.0. The Balaban J connectivity index is 1.71. The molecule has 2 N–H and O–H groups in total. The minimum atomic E-state index is -1.04. The molecule has 136 valence electrons. The van der Waals surface area contributed by atoms with Crippen molar-refractivity contribution < 1.29 is 23.8 Å². The van der Waals surface area contributed by atoms with E-state index in [1.807, 2.05) is 0 Å². The standard InChI is InChI=1S/C19H24FNO4/c1-12-10-15(25-16(12)18(23)24)17(22)21-19(8-4-5-9-19)11-13-6-2-3-7-14(13)20/h2-3,6-7,12,15-16H,4-5,8-11H2,1H3,(H,21,22)(H,23,24)/t12-,15-,16-/m1/s1. The van der Waals surface area contributed by atoms with E-state index in [0.717, 1.165) is 25.7 Å². The Morgan fingerprint density at radius 1 is 1.32 bits per heavy atom. The summed E-state index contributed by atoms with van der Waals surface area (Å²) in [7, 11) is 0. The van der Waals surface area contributed by atoms with Crippen molar-refractivity contribution in [2.45, 2.75) is 63.2 Å². The van der Waals surface area contributed by atoms with Gasteiger partial charge in [0.15, 0.2) is 6.10 Å². The van der Waals surface area contributed by atoms with E-state index in [1.54, 1.807) is 25.1 Å². The number of carbonyl (C=O) groups excluding carboxylic acids is 1. The van der Waals surface area contributed by atoms with Gasteiger partial charge in [-0.05, 0) is 43.2 Å². The van der Waals surface area contributed by atoms with E-state index in [9.17, 15) is 14.0 Å². The Hall–Kier alpha value is -1.95. The molecular formula is C19H24FNO4. The zero-order valence-electron chi connectivity index (χ0n) is 14.3. The van der Waals surface area contributed by atoms with E-state index < -0.39 is 23.7 Å². The third-order valence-corrected chi connectivity index (χ3v) is 5.39. The van der Waals surface area contributed by atoms with Gasteiger partial charge in [0.2, 0.25) is 5.91 Å². The highest BCUT2D eigenvalue weighted by molar-refractivity contribution is 5.83. The Labute approximate surface area is 146 Å². The van der Waals surface area contributed by atoms with Crippen molar-refractivity contribution in [1.82, 2.24) is 5.32 Å². The lowest BCUT2D eigenvalue weighted by Crippen LogP contribution is -2.51. The largest absolute Gasteiger partial charge is 0.479 e. The second-order valence-electron chi connectivity index (χ2n) is 7.34. The quantitative estimate of drug-likeness (QED) is 0.857. The zero-order valence-corrected chi connectivity index (χ0v) is 14.3. The number of carboxylic acids is 1. The monoisotopic (exact) mass is 349 g/mol. The first kappa shape index (κ1) is 17.9. The highest BCUT2D eigenvalue weighted by Crippen LogP contribution is 2.35. The lowest BCUT2D eigenvalue weighted by molar-refractivity contribution is -0.153. The Morgan fingerprint density at radius 3 is 2.60 bits per heavy atom. The second kappa shape index (κ2) is 7.12. The molecule has 1 aliphatic carbocycles. The van der Waals surface area contributed by atoms with Gasteiger partial charge in [-0.25, -0.2) is 9.18 Å². The summed E-state index contributed by atoms with van der Waals surface area (Å²) in [6.45, 7) is 1.77. The van der Waals surface area contributed by atoms with Crippen LogP contribution < -0.4 is 5.32 Å². The number of hydrogen-bond donors (Lipinski definition) is 2.